The largest absolute Gasteiger partial charge is 0.391 e. The summed E-state index contributed by atoms with van der Waals surface area (Å²) in [4.78, 5) is 17.6. The molecule has 0 unspecified atom stereocenters. The summed E-state index contributed by atoms with van der Waals surface area (Å²) < 4.78 is 0. The summed E-state index contributed by atoms with van der Waals surface area (Å²) in [5, 5.41) is 22.0. The van der Waals surface area contributed by atoms with Crippen LogP contribution in [0.2, 0.25) is 0 Å². The predicted octanol–water partition coefficient (Wildman–Crippen LogP) is 3.63. The number of rotatable bonds is 4. The highest BCUT2D eigenvalue weighted by Crippen LogP contribution is 2.36. The number of aliphatic hydroxyl groups is 1. The molecule has 0 bridgehead atoms. The predicted molar refractivity (Wildman–Crippen MR) is 97.0 cm³/mol. The van der Waals surface area contributed by atoms with Crippen molar-refractivity contribution >= 4 is 28.3 Å². The van der Waals surface area contributed by atoms with Crippen molar-refractivity contribution < 1.29 is 10.0 Å². The SMILES string of the molecule is Cc1cc([N+](=O)[O-])ccc1/N=C1\SC[C@@H]([C@@H](C)O)N1C1CCCC1. The molecule has 0 aromatic heterocycles. The molecule has 1 heterocycles. The van der Waals surface area contributed by atoms with Gasteiger partial charge in [0.15, 0.2) is 5.17 Å². The molecule has 3 rings (SSSR count). The Bertz CT molecular complexity index is 656. The average molecular weight is 349 g/mol. The summed E-state index contributed by atoms with van der Waals surface area (Å²) in [6.45, 7) is 3.69. The molecule has 130 valence electrons. The fourth-order valence-electron chi connectivity index (χ4n) is 3.51. The number of nitro groups is 1. The van der Waals surface area contributed by atoms with Crippen LogP contribution in [0, 0.1) is 17.0 Å². The van der Waals surface area contributed by atoms with Crippen LogP contribution in [-0.4, -0.2) is 44.0 Å². The first kappa shape index (κ1) is 17.2. The molecule has 1 aliphatic heterocycles. The van der Waals surface area contributed by atoms with Gasteiger partial charge in [-0.2, -0.15) is 0 Å². The zero-order chi connectivity index (χ0) is 17.3. The van der Waals surface area contributed by atoms with E-state index in [2.05, 4.69) is 4.90 Å². The number of nitro benzene ring substituents is 1. The van der Waals surface area contributed by atoms with Crippen LogP contribution in [0.4, 0.5) is 11.4 Å². The summed E-state index contributed by atoms with van der Waals surface area (Å²) in [6.07, 6.45) is 4.33. The van der Waals surface area contributed by atoms with Crippen molar-refractivity contribution in [1.29, 1.82) is 0 Å². The van der Waals surface area contributed by atoms with Gasteiger partial charge in [0.25, 0.3) is 5.69 Å². The lowest BCUT2D eigenvalue weighted by molar-refractivity contribution is -0.384. The van der Waals surface area contributed by atoms with Gasteiger partial charge in [-0.15, -0.1) is 0 Å². The minimum atomic E-state index is -0.399. The number of thioether (sulfide) groups is 1. The van der Waals surface area contributed by atoms with Crippen LogP contribution in [0.3, 0.4) is 0 Å². The molecule has 1 saturated heterocycles. The summed E-state index contributed by atoms with van der Waals surface area (Å²) in [5.74, 6) is 0.832. The van der Waals surface area contributed by atoms with Crippen LogP contribution in [0.1, 0.15) is 38.2 Å². The lowest BCUT2D eigenvalue weighted by Gasteiger charge is -2.33. The molecule has 0 radical (unpaired) electrons. The molecule has 2 fully saturated rings. The number of non-ortho nitro benzene ring substituents is 1. The van der Waals surface area contributed by atoms with Gasteiger partial charge in [0.2, 0.25) is 0 Å². The summed E-state index contributed by atoms with van der Waals surface area (Å²) in [5.41, 5.74) is 1.64. The Morgan fingerprint density at radius 1 is 1.42 bits per heavy atom. The topological polar surface area (TPSA) is 79.0 Å². The van der Waals surface area contributed by atoms with Crippen molar-refractivity contribution in [2.24, 2.45) is 4.99 Å². The van der Waals surface area contributed by atoms with E-state index in [0.29, 0.717) is 6.04 Å². The first-order chi connectivity index (χ1) is 11.5. The molecule has 1 aromatic rings. The maximum Gasteiger partial charge on any atom is 0.269 e. The Morgan fingerprint density at radius 3 is 2.71 bits per heavy atom. The zero-order valence-corrected chi connectivity index (χ0v) is 14.8. The Labute approximate surface area is 146 Å². The van der Waals surface area contributed by atoms with E-state index in [0.717, 1.165) is 35.0 Å². The summed E-state index contributed by atoms with van der Waals surface area (Å²) in [6, 6.07) is 5.30. The van der Waals surface area contributed by atoms with E-state index < -0.39 is 6.10 Å². The second-order valence-electron chi connectivity index (χ2n) is 6.59. The third kappa shape index (κ3) is 3.42. The van der Waals surface area contributed by atoms with Crippen LogP contribution >= 0.6 is 11.8 Å². The van der Waals surface area contributed by atoms with E-state index in [9.17, 15) is 15.2 Å². The van der Waals surface area contributed by atoms with Crippen LogP contribution in [0.5, 0.6) is 0 Å². The molecule has 24 heavy (non-hydrogen) atoms. The van der Waals surface area contributed by atoms with Gasteiger partial charge in [-0.3, -0.25) is 10.1 Å². The van der Waals surface area contributed by atoms with Gasteiger partial charge in [0.1, 0.15) is 0 Å². The Morgan fingerprint density at radius 2 is 2.12 bits per heavy atom. The van der Waals surface area contributed by atoms with E-state index in [1.807, 2.05) is 13.8 Å². The normalized spacial score (nSPS) is 24.7. The lowest BCUT2D eigenvalue weighted by atomic mass is 10.1. The number of hydrogen-bond acceptors (Lipinski definition) is 5. The Kier molecular flexibility index (Phi) is 5.10. The highest BCUT2D eigenvalue weighted by atomic mass is 32.2. The van der Waals surface area contributed by atoms with Crippen molar-refractivity contribution in [3.05, 3.63) is 33.9 Å². The number of amidine groups is 1. The van der Waals surface area contributed by atoms with Gasteiger partial charge < -0.3 is 10.0 Å². The van der Waals surface area contributed by atoms with Gasteiger partial charge in [-0.1, -0.05) is 24.6 Å². The average Bonchev–Trinajstić information content (AvgIpc) is 3.17. The number of aliphatic imine (C=N–C) groups is 1. The summed E-state index contributed by atoms with van der Waals surface area (Å²) >= 11 is 1.67. The molecule has 0 spiro atoms. The van der Waals surface area contributed by atoms with Crippen LogP contribution in [-0.2, 0) is 0 Å². The van der Waals surface area contributed by atoms with Crippen LogP contribution in [0.15, 0.2) is 23.2 Å². The fraction of sp³-hybridized carbons (Fsp3) is 0.588. The minimum Gasteiger partial charge on any atom is -0.391 e. The van der Waals surface area contributed by atoms with E-state index in [-0.39, 0.29) is 16.7 Å². The maximum atomic E-state index is 10.9. The van der Waals surface area contributed by atoms with Gasteiger partial charge in [0.05, 0.1) is 22.8 Å². The molecule has 7 heteroatoms. The molecule has 1 aromatic carbocycles. The lowest BCUT2D eigenvalue weighted by Crippen LogP contribution is -2.46. The highest BCUT2D eigenvalue weighted by molar-refractivity contribution is 8.14. The van der Waals surface area contributed by atoms with E-state index >= 15 is 0 Å². The van der Waals surface area contributed by atoms with E-state index in [1.165, 1.54) is 18.9 Å². The maximum absolute atomic E-state index is 10.9. The number of aliphatic hydroxyl groups excluding tert-OH is 1. The smallest absolute Gasteiger partial charge is 0.269 e. The van der Waals surface area contributed by atoms with Crippen LogP contribution in [0.25, 0.3) is 0 Å². The van der Waals surface area contributed by atoms with Crippen molar-refractivity contribution in [2.45, 2.75) is 57.7 Å². The molecular weight excluding hydrogens is 326 g/mol. The third-order valence-electron chi connectivity index (χ3n) is 4.84. The van der Waals surface area contributed by atoms with Crippen molar-refractivity contribution in [3.63, 3.8) is 0 Å². The van der Waals surface area contributed by atoms with Crippen molar-refractivity contribution in [2.75, 3.05) is 5.75 Å². The second-order valence-corrected chi connectivity index (χ2v) is 7.57. The molecule has 0 amide bonds. The highest BCUT2D eigenvalue weighted by Gasteiger charge is 2.38. The number of aryl methyl sites for hydroxylation is 1. The minimum absolute atomic E-state index is 0.0880. The monoisotopic (exact) mass is 349 g/mol. The first-order valence-electron chi connectivity index (χ1n) is 8.40. The molecule has 6 nitrogen and oxygen atoms in total. The zero-order valence-electron chi connectivity index (χ0n) is 14.0. The third-order valence-corrected chi connectivity index (χ3v) is 5.91. The second kappa shape index (κ2) is 7.11. The van der Waals surface area contributed by atoms with Gasteiger partial charge in [-0.05, 0) is 38.3 Å². The molecule has 1 saturated carbocycles. The number of benzene rings is 1. The molecule has 2 atom stereocenters. The quantitative estimate of drug-likeness (QED) is 0.663. The van der Waals surface area contributed by atoms with Gasteiger partial charge in [-0.25, -0.2) is 4.99 Å². The van der Waals surface area contributed by atoms with Crippen molar-refractivity contribution in [3.8, 4) is 0 Å². The standard InChI is InChI=1S/C17H23N3O3S/c1-11-9-14(20(22)23)7-8-15(11)18-17-19(13-5-3-4-6-13)16(10-24-17)12(2)21/h7-9,12-13,16,21H,3-6,10H2,1-2H3/b18-17-/t12-,16+/m1/s1. The summed E-state index contributed by atoms with van der Waals surface area (Å²) in [7, 11) is 0. The van der Waals surface area contributed by atoms with E-state index in [1.54, 1.807) is 23.9 Å². The first-order valence-corrected chi connectivity index (χ1v) is 9.39. The fourth-order valence-corrected chi connectivity index (χ4v) is 4.86. The Balaban J connectivity index is 1.91. The van der Waals surface area contributed by atoms with Gasteiger partial charge >= 0.3 is 0 Å². The van der Waals surface area contributed by atoms with Crippen molar-refractivity contribution in [1.82, 2.24) is 4.90 Å². The van der Waals surface area contributed by atoms with Crippen LogP contribution < -0.4 is 0 Å². The number of hydrogen-bond donors (Lipinski definition) is 1. The van der Waals surface area contributed by atoms with Gasteiger partial charge in [0, 0.05) is 23.9 Å². The molecular formula is C17H23N3O3S. The molecule has 1 N–H and O–H groups in total. The Hall–Kier alpha value is -1.60. The van der Waals surface area contributed by atoms with E-state index in [4.69, 9.17) is 4.99 Å². The molecule has 1 aliphatic carbocycles. The molecule has 2 aliphatic rings. The number of nitrogens with zero attached hydrogens (tertiary/aromatic N) is 3.